The number of halogens is 1. The van der Waals surface area contributed by atoms with Crippen LogP contribution in [0.4, 0.5) is 11.6 Å². The van der Waals surface area contributed by atoms with E-state index in [2.05, 4.69) is 24.5 Å². The van der Waals surface area contributed by atoms with Gasteiger partial charge < -0.3 is 5.32 Å². The standard InChI is InChI=1S/C12H13ClN4O6S2/c1-8-14-11(13)17-12(15-8)16-9-3-2-4-10(7-9)24(18)22-5-6-23-25(19,20)21/h2-4,7H,5-6H2,1H3,(H,19,20,21)(H,14,15,16,17). The SMILES string of the molecule is Cc1nc(Cl)nc(Nc2cccc(S(=O)OCCOS(=O)(=O)O)c2)n1. The summed E-state index contributed by atoms with van der Waals surface area (Å²) in [5.74, 6) is 0.660. The van der Waals surface area contributed by atoms with Crippen molar-refractivity contribution in [1.29, 1.82) is 0 Å². The number of nitrogens with one attached hydrogen (secondary N) is 1. The van der Waals surface area contributed by atoms with E-state index in [-0.39, 0.29) is 17.8 Å². The molecule has 136 valence electrons. The Morgan fingerprint density at radius 3 is 2.72 bits per heavy atom. The zero-order valence-corrected chi connectivity index (χ0v) is 15.1. The van der Waals surface area contributed by atoms with Gasteiger partial charge in [0.05, 0.1) is 18.1 Å². The van der Waals surface area contributed by atoms with Gasteiger partial charge in [0.15, 0.2) is 11.1 Å². The number of hydrogen-bond acceptors (Lipinski definition) is 9. The Bertz CT molecular complexity index is 859. The van der Waals surface area contributed by atoms with Crippen molar-refractivity contribution in [2.45, 2.75) is 11.8 Å². The summed E-state index contributed by atoms with van der Waals surface area (Å²) in [4.78, 5) is 12.1. The number of benzene rings is 1. The maximum Gasteiger partial charge on any atom is 0.397 e. The molecule has 0 radical (unpaired) electrons. The molecule has 25 heavy (non-hydrogen) atoms. The fourth-order valence-corrected chi connectivity index (χ4v) is 2.88. The summed E-state index contributed by atoms with van der Waals surface area (Å²) in [6, 6.07) is 6.40. The van der Waals surface area contributed by atoms with Crippen molar-refractivity contribution in [3.8, 4) is 0 Å². The van der Waals surface area contributed by atoms with Crippen LogP contribution in [-0.2, 0) is 29.8 Å². The third kappa shape index (κ3) is 6.97. The predicted octanol–water partition coefficient (Wildman–Crippen LogP) is 1.44. The number of anilines is 2. The molecule has 2 N–H and O–H groups in total. The molecule has 10 nitrogen and oxygen atoms in total. The molecule has 2 rings (SSSR count). The van der Waals surface area contributed by atoms with E-state index >= 15 is 0 Å². The van der Waals surface area contributed by atoms with Gasteiger partial charge in [0, 0.05) is 5.69 Å². The number of aryl methyl sites for hydroxylation is 1. The van der Waals surface area contributed by atoms with Crippen LogP contribution in [0.3, 0.4) is 0 Å². The van der Waals surface area contributed by atoms with Crippen molar-refractivity contribution in [3.63, 3.8) is 0 Å². The van der Waals surface area contributed by atoms with Crippen molar-refractivity contribution >= 4 is 44.7 Å². The first-order chi connectivity index (χ1) is 11.7. The maximum atomic E-state index is 12.0. The Kier molecular flexibility index (Phi) is 6.75. The Morgan fingerprint density at radius 1 is 1.28 bits per heavy atom. The molecule has 0 saturated carbocycles. The van der Waals surface area contributed by atoms with Crippen molar-refractivity contribution in [1.82, 2.24) is 15.0 Å². The minimum Gasteiger partial charge on any atom is -0.324 e. The lowest BCUT2D eigenvalue weighted by atomic mass is 10.3. The van der Waals surface area contributed by atoms with Gasteiger partial charge >= 0.3 is 10.4 Å². The highest BCUT2D eigenvalue weighted by Gasteiger charge is 2.09. The van der Waals surface area contributed by atoms with Crippen LogP contribution in [0.2, 0.25) is 5.28 Å². The Balaban J connectivity index is 1.99. The Labute approximate surface area is 151 Å². The van der Waals surface area contributed by atoms with Crippen LogP contribution >= 0.6 is 11.6 Å². The second kappa shape index (κ2) is 8.60. The van der Waals surface area contributed by atoms with Crippen molar-refractivity contribution < 1.29 is 25.5 Å². The Morgan fingerprint density at radius 2 is 2.04 bits per heavy atom. The van der Waals surface area contributed by atoms with Crippen LogP contribution < -0.4 is 5.32 Å². The van der Waals surface area contributed by atoms with Gasteiger partial charge in [0.2, 0.25) is 11.2 Å². The van der Waals surface area contributed by atoms with Gasteiger partial charge in [-0.3, -0.25) is 8.74 Å². The lowest BCUT2D eigenvalue weighted by molar-refractivity contribution is 0.212. The zero-order valence-electron chi connectivity index (χ0n) is 12.7. The van der Waals surface area contributed by atoms with Crippen molar-refractivity contribution in [2.75, 3.05) is 18.5 Å². The fourth-order valence-electron chi connectivity index (χ4n) is 1.63. The molecule has 0 aliphatic carbocycles. The highest BCUT2D eigenvalue weighted by atomic mass is 35.5. The molecule has 1 unspecified atom stereocenters. The predicted molar refractivity (Wildman–Crippen MR) is 89.2 cm³/mol. The van der Waals surface area contributed by atoms with E-state index in [9.17, 15) is 12.6 Å². The minimum atomic E-state index is -4.55. The van der Waals surface area contributed by atoms with Gasteiger partial charge in [-0.15, -0.1) is 0 Å². The normalized spacial score (nSPS) is 12.8. The van der Waals surface area contributed by atoms with Gasteiger partial charge in [-0.2, -0.15) is 18.4 Å². The average Bonchev–Trinajstić information content (AvgIpc) is 2.49. The van der Waals surface area contributed by atoms with Crippen LogP contribution in [0.1, 0.15) is 5.82 Å². The molecule has 0 aliphatic heterocycles. The van der Waals surface area contributed by atoms with Gasteiger partial charge in [-0.1, -0.05) is 6.07 Å². The quantitative estimate of drug-likeness (QED) is 0.486. The van der Waals surface area contributed by atoms with E-state index in [1.54, 1.807) is 25.1 Å². The molecule has 2 aromatic rings. The largest absolute Gasteiger partial charge is 0.397 e. The first-order valence-electron chi connectivity index (χ1n) is 6.65. The number of hydrogen-bond donors (Lipinski definition) is 2. The zero-order chi connectivity index (χ0) is 18.4. The van der Waals surface area contributed by atoms with Crippen molar-refractivity contribution in [2.24, 2.45) is 0 Å². The highest BCUT2D eigenvalue weighted by Crippen LogP contribution is 2.18. The second-order valence-corrected chi connectivity index (χ2v) is 7.04. The van der Waals surface area contributed by atoms with E-state index in [0.29, 0.717) is 16.4 Å². The summed E-state index contributed by atoms with van der Waals surface area (Å²) in [5, 5.41) is 2.93. The van der Waals surface area contributed by atoms with Gasteiger partial charge in [-0.25, -0.2) is 13.4 Å². The van der Waals surface area contributed by atoms with Crippen LogP contribution in [0.25, 0.3) is 0 Å². The second-order valence-electron chi connectivity index (χ2n) is 4.43. The van der Waals surface area contributed by atoms with Crippen LogP contribution in [-0.4, -0.2) is 45.3 Å². The van der Waals surface area contributed by atoms with Crippen LogP contribution in [0.5, 0.6) is 0 Å². The molecule has 13 heteroatoms. The first-order valence-corrected chi connectivity index (χ1v) is 9.47. The highest BCUT2D eigenvalue weighted by molar-refractivity contribution is 7.81. The molecule has 1 heterocycles. The number of aromatic nitrogens is 3. The van der Waals surface area contributed by atoms with Gasteiger partial charge in [0.25, 0.3) is 0 Å². The molecule has 0 fully saturated rings. The average molecular weight is 409 g/mol. The monoisotopic (exact) mass is 408 g/mol. The number of rotatable bonds is 8. The van der Waals surface area contributed by atoms with Gasteiger partial charge in [-0.05, 0) is 36.7 Å². The lowest BCUT2D eigenvalue weighted by Crippen LogP contribution is -2.11. The van der Waals surface area contributed by atoms with Crippen molar-refractivity contribution in [3.05, 3.63) is 35.4 Å². The Hall–Kier alpha value is -1.70. The summed E-state index contributed by atoms with van der Waals surface area (Å²) >= 11 is 3.89. The summed E-state index contributed by atoms with van der Waals surface area (Å²) in [6.07, 6.45) is 0. The summed E-state index contributed by atoms with van der Waals surface area (Å²) in [7, 11) is -4.55. The molecule has 1 atom stereocenters. The molecule has 0 bridgehead atoms. The summed E-state index contributed by atoms with van der Waals surface area (Å²) < 4.78 is 50.2. The van der Waals surface area contributed by atoms with E-state index < -0.39 is 28.1 Å². The maximum absolute atomic E-state index is 12.0. The molecular formula is C12H13ClN4O6S2. The lowest BCUT2D eigenvalue weighted by Gasteiger charge is -2.08. The van der Waals surface area contributed by atoms with E-state index in [1.807, 2.05) is 0 Å². The third-order valence-corrected chi connectivity index (χ3v) is 4.16. The minimum absolute atomic E-state index is 0.0388. The van der Waals surface area contributed by atoms with E-state index in [0.717, 1.165) is 0 Å². The summed E-state index contributed by atoms with van der Waals surface area (Å²) in [5.41, 5.74) is 0.533. The van der Waals surface area contributed by atoms with E-state index in [1.165, 1.54) is 6.07 Å². The first kappa shape index (κ1) is 19.6. The molecule has 0 spiro atoms. The molecule has 1 aromatic heterocycles. The third-order valence-electron chi connectivity index (χ3n) is 2.51. The van der Waals surface area contributed by atoms with Crippen LogP contribution in [0.15, 0.2) is 29.2 Å². The van der Waals surface area contributed by atoms with E-state index in [4.69, 9.17) is 20.3 Å². The van der Waals surface area contributed by atoms with Crippen LogP contribution in [0, 0.1) is 6.92 Å². The number of nitrogens with zero attached hydrogens (tertiary/aromatic N) is 3. The molecule has 0 aliphatic rings. The topological polar surface area (TPSA) is 141 Å². The fraction of sp³-hybridized carbons (Fsp3) is 0.250. The molecule has 0 saturated heterocycles. The molecule has 0 amide bonds. The summed E-state index contributed by atoms with van der Waals surface area (Å²) in [6.45, 7) is 0.893. The molecular weight excluding hydrogens is 396 g/mol. The molecule has 1 aromatic carbocycles. The van der Waals surface area contributed by atoms with Gasteiger partial charge in [0.1, 0.15) is 5.82 Å². The smallest absolute Gasteiger partial charge is 0.324 e.